The first-order valence-electron chi connectivity index (χ1n) is 19.5. The molecule has 1 amide bonds. The number of cyclic esters (lactones) is 1. The van der Waals surface area contributed by atoms with Crippen molar-refractivity contribution in [2.24, 2.45) is 17.8 Å². The Kier molecular flexibility index (Phi) is 15.0. The molecule has 1 aromatic rings. The number of hydrogen-bond donors (Lipinski definition) is 5. The van der Waals surface area contributed by atoms with Crippen LogP contribution in [0.3, 0.4) is 0 Å². The molecule has 0 spiro atoms. The van der Waals surface area contributed by atoms with Crippen LogP contribution in [-0.2, 0) is 39.1 Å². The molecule has 17 heteroatoms. The van der Waals surface area contributed by atoms with Crippen LogP contribution in [-0.4, -0.2) is 150 Å². The van der Waals surface area contributed by atoms with Crippen LogP contribution < -0.4 is 22.1 Å². The predicted octanol–water partition coefficient (Wildman–Crippen LogP) is 0.0568. The van der Waals surface area contributed by atoms with Crippen molar-refractivity contribution in [2.45, 2.75) is 140 Å². The first-order chi connectivity index (χ1) is 25.8. The third-order valence-electron chi connectivity index (χ3n) is 12.0. The lowest BCUT2D eigenvalue weighted by Crippen LogP contribution is -2.68. The van der Waals surface area contributed by atoms with Crippen molar-refractivity contribution in [3.05, 3.63) is 22.7 Å². The number of aliphatic hydroxyl groups excluding tert-OH is 1. The smallest absolute Gasteiger partial charge is 0.352 e. The Labute approximate surface area is 324 Å². The van der Waals surface area contributed by atoms with E-state index in [9.17, 15) is 29.4 Å². The van der Waals surface area contributed by atoms with Gasteiger partial charge in [0, 0.05) is 50.4 Å². The number of nitrogen functional groups attached to an aromatic ring is 1. The average molecular weight is 780 g/mol. The van der Waals surface area contributed by atoms with Gasteiger partial charge in [0.05, 0.1) is 23.9 Å². The molecule has 13 atom stereocenters. The molecule has 2 aliphatic heterocycles. The van der Waals surface area contributed by atoms with Crippen molar-refractivity contribution in [2.75, 3.05) is 47.1 Å². The monoisotopic (exact) mass is 779 g/mol. The van der Waals surface area contributed by atoms with E-state index in [4.69, 9.17) is 24.7 Å². The highest BCUT2D eigenvalue weighted by atomic mass is 16.7. The Morgan fingerprint density at radius 1 is 1.18 bits per heavy atom. The number of hydrogen-bond acceptors (Lipinski definition) is 15. The first kappa shape index (κ1) is 44.7. The minimum Gasteiger partial charge on any atom is -0.457 e. The Hall–Kier alpha value is -3.03. The van der Waals surface area contributed by atoms with Gasteiger partial charge in [0.25, 0.3) is 0 Å². The molecule has 6 N–H and O–H groups in total. The van der Waals surface area contributed by atoms with Gasteiger partial charge in [0.15, 0.2) is 18.2 Å². The Balaban J connectivity index is 1.80. The summed E-state index contributed by atoms with van der Waals surface area (Å²) in [6.07, 6.45) is -0.135. The molecule has 4 rings (SSSR count). The van der Waals surface area contributed by atoms with Crippen LogP contribution in [0.4, 0.5) is 5.82 Å². The maximum absolute atomic E-state index is 14.5. The van der Waals surface area contributed by atoms with E-state index in [-0.39, 0.29) is 30.3 Å². The molecule has 312 valence electrons. The lowest BCUT2D eigenvalue weighted by molar-refractivity contribution is -0.297. The fourth-order valence-corrected chi connectivity index (χ4v) is 8.44. The second-order valence-corrected chi connectivity index (χ2v) is 16.4. The summed E-state index contributed by atoms with van der Waals surface area (Å²) in [4.78, 5) is 61.7. The van der Waals surface area contributed by atoms with Gasteiger partial charge in [0.1, 0.15) is 17.8 Å². The van der Waals surface area contributed by atoms with Gasteiger partial charge in [-0.1, -0.05) is 20.8 Å². The molecule has 17 nitrogen and oxygen atoms in total. The summed E-state index contributed by atoms with van der Waals surface area (Å²) in [6.45, 7) is 11.3. The number of ketones is 1. The van der Waals surface area contributed by atoms with Crippen molar-refractivity contribution >= 4 is 24.0 Å². The molecule has 55 heavy (non-hydrogen) atoms. The first-order valence-corrected chi connectivity index (χ1v) is 19.5. The van der Waals surface area contributed by atoms with Gasteiger partial charge >= 0.3 is 11.7 Å². The molecule has 0 radical (unpaired) electrons. The van der Waals surface area contributed by atoms with Gasteiger partial charge in [-0.25, -0.2) is 4.79 Å². The standard InChI is InChI=1S/C38H65N7O10/c1-11-28-38(51,45-15-14-29(39)42-36(45)50)32(41-20-46)24(5)44(9)19-21(2)17-37(6,52-10)33(22(3)30(47)23(4)34(49)54-28)55-35-31(48)27(43(7)8)16-26(53-35)18-40-25-12-13-25/h14-15,20-28,31-33,35,40,48,51H,11-13,16-19H2,1-10H3,(H,41,46)(H2,39,42,50)/t21-,22+,23-,24-,26+,27?,28-,31?,32-,33-,35+,37-,38-/m1/s1. The Bertz CT molecular complexity index is 1530. The molecule has 0 aromatic carbocycles. The second kappa shape index (κ2) is 18.5. The van der Waals surface area contributed by atoms with Crippen molar-refractivity contribution < 1.29 is 43.5 Å². The van der Waals surface area contributed by atoms with Crippen LogP contribution >= 0.6 is 0 Å². The van der Waals surface area contributed by atoms with Crippen LogP contribution in [0, 0.1) is 17.8 Å². The number of carbonyl (C=O) groups excluding carboxylic acids is 3. The van der Waals surface area contributed by atoms with Gasteiger partial charge in [0.2, 0.25) is 12.1 Å². The number of rotatable bonds is 11. The van der Waals surface area contributed by atoms with E-state index >= 15 is 0 Å². The third kappa shape index (κ3) is 9.93. The van der Waals surface area contributed by atoms with Crippen LogP contribution in [0.1, 0.15) is 73.6 Å². The number of amides is 1. The number of Topliss-reactive ketones (excluding diaryl/α,β-unsaturated/α-hetero) is 1. The summed E-state index contributed by atoms with van der Waals surface area (Å²) in [6, 6.07) is -0.437. The van der Waals surface area contributed by atoms with Gasteiger partial charge < -0.3 is 55.3 Å². The number of nitrogens with one attached hydrogen (secondary N) is 2. The number of nitrogens with zero attached hydrogens (tertiary/aromatic N) is 4. The lowest BCUT2D eigenvalue weighted by atomic mass is 9.78. The maximum Gasteiger partial charge on any atom is 0.352 e. The summed E-state index contributed by atoms with van der Waals surface area (Å²) >= 11 is 0. The van der Waals surface area contributed by atoms with E-state index in [2.05, 4.69) is 15.6 Å². The van der Waals surface area contributed by atoms with E-state index in [0.717, 1.165) is 17.4 Å². The number of aliphatic hydroxyl groups is 2. The number of esters is 1. The average Bonchev–Trinajstić information content (AvgIpc) is 3.97. The maximum atomic E-state index is 14.5. The summed E-state index contributed by atoms with van der Waals surface area (Å²) < 4.78 is 26.3. The molecule has 2 unspecified atom stereocenters. The van der Waals surface area contributed by atoms with Crippen molar-refractivity contribution in [3.8, 4) is 0 Å². The van der Waals surface area contributed by atoms with E-state index in [1.807, 2.05) is 44.8 Å². The number of nitrogens with two attached hydrogens (primary N) is 1. The van der Waals surface area contributed by atoms with Crippen LogP contribution in [0.5, 0.6) is 0 Å². The minimum atomic E-state index is -2.39. The summed E-state index contributed by atoms with van der Waals surface area (Å²) in [7, 11) is 7.13. The molecule has 2 saturated heterocycles. The molecule has 1 aromatic heterocycles. The van der Waals surface area contributed by atoms with E-state index < -0.39 is 77.3 Å². The predicted molar refractivity (Wildman–Crippen MR) is 204 cm³/mol. The van der Waals surface area contributed by atoms with E-state index in [0.29, 0.717) is 38.4 Å². The number of carbonyl (C=O) groups is 3. The van der Waals surface area contributed by atoms with Crippen LogP contribution in [0.15, 0.2) is 17.1 Å². The lowest BCUT2D eigenvalue weighted by Gasteiger charge is -2.47. The van der Waals surface area contributed by atoms with Crippen LogP contribution in [0.25, 0.3) is 0 Å². The number of anilines is 1. The highest BCUT2D eigenvalue weighted by Crippen LogP contribution is 2.38. The van der Waals surface area contributed by atoms with Gasteiger partial charge in [-0.05, 0) is 86.0 Å². The largest absolute Gasteiger partial charge is 0.457 e. The highest BCUT2D eigenvalue weighted by molar-refractivity contribution is 6.00. The fourth-order valence-electron chi connectivity index (χ4n) is 8.44. The highest BCUT2D eigenvalue weighted by Gasteiger charge is 2.54. The van der Waals surface area contributed by atoms with Gasteiger partial charge in [-0.2, -0.15) is 4.98 Å². The number of ether oxygens (including phenoxy) is 4. The van der Waals surface area contributed by atoms with E-state index in [1.54, 1.807) is 20.8 Å². The molecule has 3 heterocycles. The molecule has 1 aliphatic carbocycles. The molecular weight excluding hydrogens is 714 g/mol. The number of methoxy groups -OCH3 is 1. The second-order valence-electron chi connectivity index (χ2n) is 16.4. The summed E-state index contributed by atoms with van der Waals surface area (Å²) in [5, 5.41) is 30.6. The third-order valence-corrected chi connectivity index (χ3v) is 12.0. The Morgan fingerprint density at radius 3 is 2.42 bits per heavy atom. The zero-order valence-corrected chi connectivity index (χ0v) is 34.1. The van der Waals surface area contributed by atoms with E-state index in [1.165, 1.54) is 26.3 Å². The summed E-state index contributed by atoms with van der Waals surface area (Å²) in [5.41, 5.74) is 1.33. The molecule has 3 aliphatic rings. The van der Waals surface area contributed by atoms with Crippen molar-refractivity contribution in [3.63, 3.8) is 0 Å². The van der Waals surface area contributed by atoms with Gasteiger partial charge in [-0.3, -0.25) is 19.0 Å². The Morgan fingerprint density at radius 2 is 1.85 bits per heavy atom. The number of likely N-dealkylation sites (N-methyl/N-ethyl adjacent to an activating group) is 2. The fraction of sp³-hybridized carbons (Fsp3) is 0.816. The molecule has 1 saturated carbocycles. The minimum absolute atomic E-state index is 0.0202. The molecule has 3 fully saturated rings. The zero-order chi connectivity index (χ0) is 41.0. The SMILES string of the molecule is CC[C@H]1OC(=O)[C@H](C)C(=O)[C@H](C)[C@@H](O[C@@H]2O[C@H](CNC3CC3)CC(N(C)C)C2O)[C@](C)(OC)C[C@@H](C)CN(C)[C@H](C)[C@@H](NC=O)[C@@]1(O)n1ccc(N)nc1=O. The molecular formula is C38H65N7O10. The number of aromatic nitrogens is 2. The quantitative estimate of drug-likeness (QED) is 0.114. The van der Waals surface area contributed by atoms with Gasteiger partial charge in [-0.15, -0.1) is 0 Å². The van der Waals surface area contributed by atoms with Crippen molar-refractivity contribution in [1.82, 2.24) is 30.0 Å². The topological polar surface area (TPSA) is 220 Å². The summed E-state index contributed by atoms with van der Waals surface area (Å²) in [5.74, 6) is -4.08. The van der Waals surface area contributed by atoms with Crippen molar-refractivity contribution in [1.29, 1.82) is 0 Å². The molecule has 0 bridgehead atoms. The normalized spacial score (nSPS) is 38.9. The zero-order valence-electron chi connectivity index (χ0n) is 34.1. The van der Waals surface area contributed by atoms with Crippen LogP contribution in [0.2, 0.25) is 0 Å².